The van der Waals surface area contributed by atoms with Crippen LogP contribution in [0.2, 0.25) is 0 Å². The number of anilines is 1. The monoisotopic (exact) mass is 418 g/mol. The number of thiophene rings is 1. The van der Waals surface area contributed by atoms with Gasteiger partial charge in [-0.15, -0.1) is 11.3 Å². The second-order valence-corrected chi connectivity index (χ2v) is 9.89. The predicted octanol–water partition coefficient (Wildman–Crippen LogP) is 3.11. The molecule has 3 rings (SSSR count). The number of fused-ring (bicyclic) bond motifs is 1. The number of hydrogen-bond donors (Lipinski definition) is 2. The largest absolute Gasteiger partial charge is 0.444 e. The molecule has 29 heavy (non-hydrogen) atoms. The average molecular weight is 419 g/mol. The third-order valence-corrected chi connectivity index (χ3v) is 6.57. The zero-order valence-electron chi connectivity index (χ0n) is 17.6. The summed E-state index contributed by atoms with van der Waals surface area (Å²) in [7, 11) is 0. The zero-order valence-corrected chi connectivity index (χ0v) is 18.4. The van der Waals surface area contributed by atoms with Gasteiger partial charge in [-0.1, -0.05) is 0 Å². The molecule has 1 saturated heterocycles. The summed E-state index contributed by atoms with van der Waals surface area (Å²) < 4.78 is 5.20. The van der Waals surface area contributed by atoms with E-state index in [1.54, 1.807) is 39.0 Å². The van der Waals surface area contributed by atoms with E-state index in [9.17, 15) is 14.9 Å². The van der Waals surface area contributed by atoms with Crippen LogP contribution < -0.4 is 15.5 Å². The number of carbonyl (C=O) groups excluding carboxylic acids is 2. The molecule has 0 spiro atoms. The molecule has 0 aromatic carbocycles. The summed E-state index contributed by atoms with van der Waals surface area (Å²) >= 11 is 1.74. The third kappa shape index (κ3) is 5.21. The smallest absolute Gasteiger partial charge is 0.408 e. The van der Waals surface area contributed by atoms with Gasteiger partial charge in [0.15, 0.2) is 0 Å². The van der Waals surface area contributed by atoms with Gasteiger partial charge in [0.1, 0.15) is 22.7 Å². The van der Waals surface area contributed by atoms with Crippen LogP contribution in [0.4, 0.5) is 9.80 Å². The number of aryl methyl sites for hydroxylation is 1. The van der Waals surface area contributed by atoms with Gasteiger partial charge in [0, 0.05) is 24.0 Å². The van der Waals surface area contributed by atoms with Gasteiger partial charge in [0.25, 0.3) is 0 Å². The van der Waals surface area contributed by atoms with Gasteiger partial charge >= 0.3 is 6.09 Å². The number of alkyl carbamates (subject to hydrolysis) is 1. The van der Waals surface area contributed by atoms with Crippen molar-refractivity contribution in [3.63, 3.8) is 0 Å². The minimum Gasteiger partial charge on any atom is -0.444 e. The normalized spacial score (nSPS) is 19.8. The van der Waals surface area contributed by atoms with E-state index in [4.69, 9.17) is 4.74 Å². The lowest BCUT2D eigenvalue weighted by atomic mass is 9.96. The van der Waals surface area contributed by atoms with Gasteiger partial charge < -0.3 is 20.3 Å². The molecule has 2 unspecified atom stereocenters. The molecular weight excluding hydrogens is 388 g/mol. The molecule has 2 N–H and O–H groups in total. The molecule has 2 heterocycles. The summed E-state index contributed by atoms with van der Waals surface area (Å²) in [5.41, 5.74) is 1.46. The van der Waals surface area contributed by atoms with Crippen molar-refractivity contribution in [1.82, 2.24) is 10.6 Å². The SMILES string of the molecule is CC(NC(=O)OC(C)(C)C)C(=O)NC1CCN(c2sc3c(c2C#N)CCCC3)C1. The van der Waals surface area contributed by atoms with E-state index < -0.39 is 17.7 Å². The van der Waals surface area contributed by atoms with E-state index in [0.29, 0.717) is 6.54 Å². The van der Waals surface area contributed by atoms with E-state index in [1.807, 2.05) is 0 Å². The van der Waals surface area contributed by atoms with Crippen LogP contribution in [0.5, 0.6) is 0 Å². The molecule has 1 aromatic rings. The molecule has 8 heteroatoms. The third-order valence-electron chi connectivity index (χ3n) is 5.21. The van der Waals surface area contributed by atoms with Crippen molar-refractivity contribution in [1.29, 1.82) is 5.26 Å². The van der Waals surface area contributed by atoms with Gasteiger partial charge in [-0.2, -0.15) is 5.26 Å². The molecule has 1 aliphatic heterocycles. The van der Waals surface area contributed by atoms with Crippen molar-refractivity contribution in [2.45, 2.75) is 77.5 Å². The fraction of sp³-hybridized carbons (Fsp3) is 0.667. The van der Waals surface area contributed by atoms with E-state index in [0.717, 1.165) is 42.8 Å². The van der Waals surface area contributed by atoms with Crippen LogP contribution in [0.15, 0.2) is 0 Å². The van der Waals surface area contributed by atoms with Crippen molar-refractivity contribution in [3.05, 3.63) is 16.0 Å². The summed E-state index contributed by atoms with van der Waals surface area (Å²) in [4.78, 5) is 27.9. The van der Waals surface area contributed by atoms with Crippen LogP contribution in [-0.4, -0.2) is 42.8 Å². The highest BCUT2D eigenvalue weighted by molar-refractivity contribution is 7.16. The van der Waals surface area contributed by atoms with Crippen LogP contribution in [0.3, 0.4) is 0 Å². The lowest BCUT2D eigenvalue weighted by molar-refractivity contribution is -0.123. The highest BCUT2D eigenvalue weighted by atomic mass is 32.1. The van der Waals surface area contributed by atoms with Gasteiger partial charge in [-0.3, -0.25) is 4.79 Å². The van der Waals surface area contributed by atoms with Gasteiger partial charge in [0.05, 0.1) is 5.56 Å². The van der Waals surface area contributed by atoms with E-state index in [2.05, 4.69) is 21.6 Å². The molecule has 1 aliphatic carbocycles. The lowest BCUT2D eigenvalue weighted by Gasteiger charge is -2.23. The molecule has 7 nitrogen and oxygen atoms in total. The summed E-state index contributed by atoms with van der Waals surface area (Å²) in [6, 6.07) is 1.73. The number of nitrogens with one attached hydrogen (secondary N) is 2. The Morgan fingerprint density at radius 1 is 1.31 bits per heavy atom. The number of nitrogens with zero attached hydrogens (tertiary/aromatic N) is 2. The lowest BCUT2D eigenvalue weighted by Crippen LogP contribution is -2.49. The fourth-order valence-corrected chi connectivity index (χ4v) is 5.20. The second-order valence-electron chi connectivity index (χ2n) is 8.81. The first kappa shape index (κ1) is 21.4. The van der Waals surface area contributed by atoms with Crippen molar-refractivity contribution in [3.8, 4) is 6.07 Å². The molecule has 0 radical (unpaired) electrons. The molecule has 2 atom stereocenters. The molecule has 1 aromatic heterocycles. The minimum absolute atomic E-state index is 0.00365. The van der Waals surface area contributed by atoms with E-state index in [1.165, 1.54) is 16.9 Å². The number of ether oxygens (including phenoxy) is 1. The Bertz CT molecular complexity index is 821. The maximum atomic E-state index is 12.5. The van der Waals surface area contributed by atoms with Crippen molar-refractivity contribution < 1.29 is 14.3 Å². The maximum absolute atomic E-state index is 12.5. The fourth-order valence-electron chi connectivity index (χ4n) is 3.83. The highest BCUT2D eigenvalue weighted by Gasteiger charge is 2.31. The van der Waals surface area contributed by atoms with Crippen LogP contribution in [-0.2, 0) is 22.4 Å². The summed E-state index contributed by atoms with van der Waals surface area (Å²) in [5.74, 6) is -0.228. The van der Waals surface area contributed by atoms with Gasteiger partial charge in [-0.05, 0) is 65.4 Å². The average Bonchev–Trinajstić information content (AvgIpc) is 3.23. The Balaban J connectivity index is 1.56. The van der Waals surface area contributed by atoms with Crippen molar-refractivity contribution >= 4 is 28.3 Å². The Hall–Kier alpha value is -2.27. The standard InChI is InChI=1S/C21H30N4O3S/c1-13(23-20(27)28-21(2,3)4)18(26)24-14-9-10-25(12-14)19-16(11-22)15-7-5-6-8-17(15)29-19/h13-14H,5-10,12H2,1-4H3,(H,23,27)(H,24,26). The van der Waals surface area contributed by atoms with Gasteiger partial charge in [-0.25, -0.2) is 4.79 Å². The van der Waals surface area contributed by atoms with Crippen LogP contribution in [0.1, 0.15) is 63.0 Å². The molecule has 158 valence electrons. The van der Waals surface area contributed by atoms with Crippen LogP contribution in [0.25, 0.3) is 0 Å². The highest BCUT2D eigenvalue weighted by Crippen LogP contribution is 2.40. The molecule has 2 aliphatic rings. The van der Waals surface area contributed by atoms with E-state index >= 15 is 0 Å². The van der Waals surface area contributed by atoms with Crippen molar-refractivity contribution in [2.75, 3.05) is 18.0 Å². The number of hydrogen-bond acceptors (Lipinski definition) is 6. The Labute approximate surface area is 176 Å². The maximum Gasteiger partial charge on any atom is 0.408 e. The second kappa shape index (κ2) is 8.62. The van der Waals surface area contributed by atoms with Gasteiger partial charge in [0.2, 0.25) is 5.91 Å². The topological polar surface area (TPSA) is 94.5 Å². The Morgan fingerprint density at radius 2 is 2.03 bits per heavy atom. The van der Waals surface area contributed by atoms with E-state index in [-0.39, 0.29) is 11.9 Å². The first-order valence-corrected chi connectivity index (χ1v) is 11.1. The number of amides is 2. The molecule has 0 bridgehead atoms. The molecule has 0 saturated carbocycles. The minimum atomic E-state index is -0.678. The first-order chi connectivity index (χ1) is 13.7. The first-order valence-electron chi connectivity index (χ1n) is 10.3. The predicted molar refractivity (Wildman–Crippen MR) is 113 cm³/mol. The summed E-state index contributed by atoms with van der Waals surface area (Å²) in [5, 5.41) is 16.3. The molecule has 2 amide bonds. The summed E-state index contributed by atoms with van der Waals surface area (Å²) in [6.07, 6.45) is 4.62. The zero-order chi connectivity index (χ0) is 21.2. The molecular formula is C21H30N4O3S. The number of nitriles is 1. The van der Waals surface area contributed by atoms with Crippen LogP contribution >= 0.6 is 11.3 Å². The quantitative estimate of drug-likeness (QED) is 0.783. The summed E-state index contributed by atoms with van der Waals surface area (Å²) in [6.45, 7) is 8.48. The van der Waals surface area contributed by atoms with Crippen molar-refractivity contribution in [2.24, 2.45) is 0 Å². The number of rotatable bonds is 4. The molecule has 1 fully saturated rings. The number of carbonyl (C=O) groups is 2. The Kier molecular flexibility index (Phi) is 6.37. The Morgan fingerprint density at radius 3 is 2.72 bits per heavy atom. The van der Waals surface area contributed by atoms with Crippen LogP contribution in [0, 0.1) is 11.3 Å².